The van der Waals surface area contributed by atoms with E-state index >= 15 is 0 Å². The number of aromatic amines is 1. The molecular formula is C17H19ClN4O2. The van der Waals surface area contributed by atoms with E-state index in [1.54, 1.807) is 6.20 Å². The molecule has 6 nitrogen and oxygen atoms in total. The highest BCUT2D eigenvalue weighted by Crippen LogP contribution is 2.34. The Morgan fingerprint density at radius 3 is 2.92 bits per heavy atom. The molecule has 0 aromatic carbocycles. The van der Waals surface area contributed by atoms with Crippen LogP contribution in [0, 0.1) is 0 Å². The molecule has 3 rings (SSSR count). The van der Waals surface area contributed by atoms with Crippen molar-refractivity contribution in [2.24, 2.45) is 0 Å². The van der Waals surface area contributed by atoms with E-state index in [0.717, 1.165) is 24.2 Å². The van der Waals surface area contributed by atoms with Gasteiger partial charge in [0.25, 0.3) is 11.5 Å². The number of anilines is 1. The highest BCUT2D eigenvalue weighted by molar-refractivity contribution is 6.30. The maximum absolute atomic E-state index is 12.8. The number of nitrogens with zero attached hydrogens (tertiary/aromatic N) is 3. The summed E-state index contributed by atoms with van der Waals surface area (Å²) in [6.45, 7) is 0.680. The number of halogens is 1. The van der Waals surface area contributed by atoms with Gasteiger partial charge in [0.05, 0.1) is 11.6 Å². The minimum atomic E-state index is -0.393. The number of rotatable bonds is 3. The van der Waals surface area contributed by atoms with E-state index in [-0.39, 0.29) is 17.0 Å². The molecule has 126 valence electrons. The highest BCUT2D eigenvalue weighted by atomic mass is 35.5. The fourth-order valence-corrected chi connectivity index (χ4v) is 3.16. The average molecular weight is 347 g/mol. The Labute approximate surface area is 145 Å². The molecule has 0 saturated carbocycles. The number of carbonyl (C=O) groups excluding carboxylic acids is 1. The number of nitrogens with one attached hydrogen (secondary N) is 1. The fourth-order valence-electron chi connectivity index (χ4n) is 2.99. The first kappa shape index (κ1) is 16.5. The van der Waals surface area contributed by atoms with Crippen molar-refractivity contribution in [2.45, 2.75) is 18.9 Å². The number of H-pyrrole nitrogens is 1. The van der Waals surface area contributed by atoms with E-state index in [1.807, 2.05) is 36.0 Å². The predicted octanol–water partition coefficient (Wildman–Crippen LogP) is 2.47. The standard InChI is InChI=1S/C17H19ClN4O2/c1-21(2)15-9-11(5-6-19-15)14-4-3-7-22(14)17(24)12-8-13(18)16(23)20-10-12/h5-6,8-10,14H,3-4,7H2,1-2H3,(H,20,23)/t14-/m1/s1. The van der Waals surface area contributed by atoms with Crippen molar-refractivity contribution in [2.75, 3.05) is 25.5 Å². The first-order valence-electron chi connectivity index (χ1n) is 7.80. The van der Waals surface area contributed by atoms with Crippen molar-refractivity contribution in [3.63, 3.8) is 0 Å². The molecule has 1 aliphatic rings. The van der Waals surface area contributed by atoms with Gasteiger partial charge in [-0.1, -0.05) is 11.6 Å². The Balaban J connectivity index is 1.90. The topological polar surface area (TPSA) is 69.3 Å². The molecule has 1 saturated heterocycles. The van der Waals surface area contributed by atoms with Crippen LogP contribution in [0.25, 0.3) is 0 Å². The normalized spacial score (nSPS) is 17.1. The SMILES string of the molecule is CN(C)c1cc([C@H]2CCCN2C(=O)c2c[nH]c(=O)c(Cl)c2)ccn1. The van der Waals surface area contributed by atoms with Crippen LogP contribution in [0.1, 0.15) is 34.8 Å². The maximum Gasteiger partial charge on any atom is 0.266 e. The van der Waals surface area contributed by atoms with E-state index in [1.165, 1.54) is 12.3 Å². The zero-order valence-corrected chi connectivity index (χ0v) is 14.4. The minimum Gasteiger partial charge on any atom is -0.363 e. The molecule has 0 radical (unpaired) electrons. The lowest BCUT2D eigenvalue weighted by Crippen LogP contribution is -2.31. The molecule has 24 heavy (non-hydrogen) atoms. The molecule has 0 unspecified atom stereocenters. The van der Waals surface area contributed by atoms with Crippen LogP contribution in [0.2, 0.25) is 5.02 Å². The molecule has 1 aliphatic heterocycles. The third-order valence-corrected chi connectivity index (χ3v) is 4.51. The molecule has 1 amide bonds. The first-order valence-corrected chi connectivity index (χ1v) is 8.17. The molecule has 0 spiro atoms. The number of pyridine rings is 2. The molecule has 2 aromatic rings. The van der Waals surface area contributed by atoms with Gasteiger partial charge in [0.1, 0.15) is 10.8 Å². The highest BCUT2D eigenvalue weighted by Gasteiger charge is 2.31. The Bertz CT molecular complexity index is 818. The lowest BCUT2D eigenvalue weighted by atomic mass is 10.1. The third kappa shape index (κ3) is 3.14. The van der Waals surface area contributed by atoms with Gasteiger partial charge in [-0.25, -0.2) is 4.98 Å². The Kier molecular flexibility index (Phi) is 4.57. The van der Waals surface area contributed by atoms with E-state index in [4.69, 9.17) is 11.6 Å². The second-order valence-corrected chi connectivity index (χ2v) is 6.47. The molecule has 0 aliphatic carbocycles. The molecule has 1 atom stereocenters. The zero-order chi connectivity index (χ0) is 17.3. The summed E-state index contributed by atoms with van der Waals surface area (Å²) >= 11 is 5.85. The lowest BCUT2D eigenvalue weighted by Gasteiger charge is -2.26. The van der Waals surface area contributed by atoms with Crippen molar-refractivity contribution >= 4 is 23.3 Å². The molecule has 0 bridgehead atoms. The molecule has 2 aromatic heterocycles. The molecule has 7 heteroatoms. The van der Waals surface area contributed by atoms with Gasteiger partial charge in [0.2, 0.25) is 0 Å². The summed E-state index contributed by atoms with van der Waals surface area (Å²) in [5.74, 6) is 0.734. The number of aromatic nitrogens is 2. The summed E-state index contributed by atoms with van der Waals surface area (Å²) in [5.41, 5.74) is 1.07. The van der Waals surface area contributed by atoms with Crippen LogP contribution in [0.15, 0.2) is 35.4 Å². The molecule has 1 N–H and O–H groups in total. The third-order valence-electron chi connectivity index (χ3n) is 4.23. The largest absolute Gasteiger partial charge is 0.363 e. The molecule has 1 fully saturated rings. The van der Waals surface area contributed by atoms with Gasteiger partial charge in [0, 0.05) is 33.0 Å². The van der Waals surface area contributed by atoms with Gasteiger partial charge in [-0.15, -0.1) is 0 Å². The van der Waals surface area contributed by atoms with Gasteiger partial charge < -0.3 is 14.8 Å². The van der Waals surface area contributed by atoms with Crippen LogP contribution in [0.4, 0.5) is 5.82 Å². The van der Waals surface area contributed by atoms with Gasteiger partial charge in [0.15, 0.2) is 0 Å². The fraction of sp³-hybridized carbons (Fsp3) is 0.353. The van der Waals surface area contributed by atoms with Crippen molar-refractivity contribution in [1.29, 1.82) is 0 Å². The second kappa shape index (κ2) is 6.65. The van der Waals surface area contributed by atoms with Crippen LogP contribution in [-0.2, 0) is 0 Å². The van der Waals surface area contributed by atoms with Crippen molar-refractivity contribution in [1.82, 2.24) is 14.9 Å². The average Bonchev–Trinajstić information content (AvgIpc) is 3.06. The summed E-state index contributed by atoms with van der Waals surface area (Å²) in [5, 5.41) is 0.0235. The first-order chi connectivity index (χ1) is 11.5. The summed E-state index contributed by atoms with van der Waals surface area (Å²) in [6.07, 6.45) is 5.03. The van der Waals surface area contributed by atoms with E-state index in [0.29, 0.717) is 12.1 Å². The summed E-state index contributed by atoms with van der Waals surface area (Å²) < 4.78 is 0. The van der Waals surface area contributed by atoms with E-state index in [2.05, 4.69) is 9.97 Å². The lowest BCUT2D eigenvalue weighted by molar-refractivity contribution is 0.0735. The maximum atomic E-state index is 12.8. The number of amides is 1. The summed E-state index contributed by atoms with van der Waals surface area (Å²) in [7, 11) is 3.87. The van der Waals surface area contributed by atoms with Crippen LogP contribution < -0.4 is 10.5 Å². The van der Waals surface area contributed by atoms with Gasteiger partial charge in [-0.05, 0) is 36.6 Å². The van der Waals surface area contributed by atoms with Gasteiger partial charge >= 0.3 is 0 Å². The second-order valence-electron chi connectivity index (χ2n) is 6.06. The van der Waals surface area contributed by atoms with Crippen LogP contribution in [-0.4, -0.2) is 41.4 Å². The zero-order valence-electron chi connectivity index (χ0n) is 13.6. The summed E-state index contributed by atoms with van der Waals surface area (Å²) in [4.78, 5) is 34.8. The van der Waals surface area contributed by atoms with Crippen LogP contribution >= 0.6 is 11.6 Å². The smallest absolute Gasteiger partial charge is 0.266 e. The van der Waals surface area contributed by atoms with Crippen molar-refractivity contribution in [3.8, 4) is 0 Å². The van der Waals surface area contributed by atoms with Crippen molar-refractivity contribution in [3.05, 3.63) is 57.1 Å². The number of likely N-dealkylation sites (tertiary alicyclic amines) is 1. The number of carbonyl (C=O) groups is 1. The van der Waals surface area contributed by atoms with Crippen molar-refractivity contribution < 1.29 is 4.79 Å². The Hall–Kier alpha value is -2.34. The molecule has 3 heterocycles. The number of hydrogen-bond donors (Lipinski definition) is 1. The van der Waals surface area contributed by atoms with E-state index in [9.17, 15) is 9.59 Å². The quantitative estimate of drug-likeness (QED) is 0.927. The van der Waals surface area contributed by atoms with Gasteiger partial charge in [-0.2, -0.15) is 0 Å². The summed E-state index contributed by atoms with van der Waals surface area (Å²) in [6, 6.07) is 5.39. The van der Waals surface area contributed by atoms with Crippen LogP contribution in [0.5, 0.6) is 0 Å². The Morgan fingerprint density at radius 2 is 2.21 bits per heavy atom. The van der Waals surface area contributed by atoms with Gasteiger partial charge in [-0.3, -0.25) is 9.59 Å². The monoisotopic (exact) mass is 346 g/mol. The predicted molar refractivity (Wildman–Crippen MR) is 93.6 cm³/mol. The molecular weight excluding hydrogens is 328 g/mol. The van der Waals surface area contributed by atoms with E-state index < -0.39 is 5.56 Å². The Morgan fingerprint density at radius 1 is 1.42 bits per heavy atom. The number of hydrogen-bond acceptors (Lipinski definition) is 4. The van der Waals surface area contributed by atoms with Crippen LogP contribution in [0.3, 0.4) is 0 Å². The minimum absolute atomic E-state index is 0.00454.